The van der Waals surface area contributed by atoms with Gasteiger partial charge in [0.1, 0.15) is 0 Å². The fraction of sp³-hybridized carbons (Fsp3) is 0.143. The molecular weight excluding hydrogens is 312 g/mol. The number of fused-ring (bicyclic) bond motifs is 2. The van der Waals surface area contributed by atoms with Gasteiger partial charge in [0.2, 0.25) is 11.8 Å². The average Bonchev–Trinajstić information content (AvgIpc) is 2.62. The molecule has 0 spiro atoms. The molecule has 0 fully saturated rings. The van der Waals surface area contributed by atoms with Gasteiger partial charge >= 0.3 is 0 Å². The zero-order valence-corrected chi connectivity index (χ0v) is 13.7. The van der Waals surface area contributed by atoms with Crippen molar-refractivity contribution >= 4 is 34.0 Å². The van der Waals surface area contributed by atoms with Crippen molar-refractivity contribution in [3.63, 3.8) is 0 Å². The molecule has 0 bridgehead atoms. The standard InChI is InChI=1S/C21H18N2O2/c24-20-11-8-16-12-17(9-10-19(16)23-20)22-21(25)13-15-6-3-5-14-4-1-2-7-18(14)15/h1-7,9-10,12H,8,11,13H2,(H,22,25)(H,23,24). The van der Waals surface area contributed by atoms with Crippen molar-refractivity contribution in [2.75, 3.05) is 10.6 Å². The number of rotatable bonds is 3. The van der Waals surface area contributed by atoms with Crippen LogP contribution in [0, 0.1) is 0 Å². The van der Waals surface area contributed by atoms with Gasteiger partial charge in [0, 0.05) is 17.8 Å². The smallest absolute Gasteiger partial charge is 0.228 e. The van der Waals surface area contributed by atoms with Gasteiger partial charge in [-0.05, 0) is 46.5 Å². The number of benzene rings is 3. The van der Waals surface area contributed by atoms with Crippen molar-refractivity contribution < 1.29 is 9.59 Å². The van der Waals surface area contributed by atoms with Crippen LogP contribution in [0.5, 0.6) is 0 Å². The molecule has 2 amide bonds. The second-order valence-electron chi connectivity index (χ2n) is 6.28. The Hall–Kier alpha value is -3.14. The third-order valence-corrected chi connectivity index (χ3v) is 4.52. The molecule has 0 radical (unpaired) electrons. The van der Waals surface area contributed by atoms with E-state index in [1.165, 1.54) is 0 Å². The van der Waals surface area contributed by atoms with E-state index in [2.05, 4.69) is 22.8 Å². The number of amides is 2. The van der Waals surface area contributed by atoms with E-state index in [1.807, 2.05) is 48.5 Å². The number of carbonyl (C=O) groups is 2. The molecule has 0 unspecified atom stereocenters. The molecule has 4 rings (SSSR count). The topological polar surface area (TPSA) is 58.2 Å². The van der Waals surface area contributed by atoms with Crippen LogP contribution in [0.4, 0.5) is 11.4 Å². The maximum absolute atomic E-state index is 12.5. The summed E-state index contributed by atoms with van der Waals surface area (Å²) in [6, 6.07) is 19.7. The first-order valence-corrected chi connectivity index (χ1v) is 8.38. The minimum absolute atomic E-state index is 0.0419. The number of hydrogen-bond donors (Lipinski definition) is 2. The molecule has 0 saturated carbocycles. The molecule has 0 saturated heterocycles. The number of anilines is 2. The van der Waals surface area contributed by atoms with Gasteiger partial charge in [-0.1, -0.05) is 42.5 Å². The van der Waals surface area contributed by atoms with Crippen LogP contribution in [0.3, 0.4) is 0 Å². The Bertz CT molecular complexity index is 973. The first kappa shape index (κ1) is 15.4. The first-order chi connectivity index (χ1) is 12.2. The summed E-state index contributed by atoms with van der Waals surface area (Å²) in [5.41, 5.74) is 3.67. The highest BCUT2D eigenvalue weighted by atomic mass is 16.2. The van der Waals surface area contributed by atoms with Gasteiger partial charge in [0.25, 0.3) is 0 Å². The van der Waals surface area contributed by atoms with E-state index in [0.717, 1.165) is 33.3 Å². The molecule has 1 aliphatic rings. The van der Waals surface area contributed by atoms with Crippen LogP contribution < -0.4 is 10.6 Å². The van der Waals surface area contributed by atoms with Crippen LogP contribution in [0.25, 0.3) is 10.8 Å². The molecule has 4 heteroatoms. The van der Waals surface area contributed by atoms with Crippen molar-refractivity contribution in [1.82, 2.24) is 0 Å². The summed E-state index contributed by atoms with van der Waals surface area (Å²) < 4.78 is 0. The molecule has 25 heavy (non-hydrogen) atoms. The lowest BCUT2D eigenvalue weighted by molar-refractivity contribution is -0.117. The van der Waals surface area contributed by atoms with E-state index in [4.69, 9.17) is 0 Å². The second kappa shape index (κ2) is 6.40. The molecule has 2 N–H and O–H groups in total. The summed E-state index contributed by atoms with van der Waals surface area (Å²) in [6.07, 6.45) is 1.52. The summed E-state index contributed by atoms with van der Waals surface area (Å²) >= 11 is 0. The summed E-state index contributed by atoms with van der Waals surface area (Å²) in [6.45, 7) is 0. The van der Waals surface area contributed by atoms with Crippen LogP contribution in [0.2, 0.25) is 0 Å². The van der Waals surface area contributed by atoms with E-state index in [1.54, 1.807) is 0 Å². The highest BCUT2D eigenvalue weighted by Crippen LogP contribution is 2.26. The van der Waals surface area contributed by atoms with Crippen LogP contribution in [-0.2, 0) is 22.4 Å². The van der Waals surface area contributed by atoms with Crippen molar-refractivity contribution in [2.24, 2.45) is 0 Å². The van der Waals surface area contributed by atoms with Gasteiger partial charge < -0.3 is 10.6 Å². The summed E-state index contributed by atoms with van der Waals surface area (Å²) in [7, 11) is 0. The Balaban J connectivity index is 1.51. The quantitative estimate of drug-likeness (QED) is 0.765. The van der Waals surface area contributed by atoms with Crippen molar-refractivity contribution in [3.8, 4) is 0 Å². The van der Waals surface area contributed by atoms with Gasteiger partial charge in [-0.3, -0.25) is 9.59 Å². The summed E-state index contributed by atoms with van der Waals surface area (Å²) in [5, 5.41) is 8.05. The molecule has 124 valence electrons. The van der Waals surface area contributed by atoms with E-state index < -0.39 is 0 Å². The minimum Gasteiger partial charge on any atom is -0.326 e. The number of carbonyl (C=O) groups excluding carboxylic acids is 2. The van der Waals surface area contributed by atoms with Gasteiger partial charge in [0.05, 0.1) is 6.42 Å². The Kier molecular flexibility index (Phi) is 3.94. The van der Waals surface area contributed by atoms with Crippen LogP contribution in [0.1, 0.15) is 17.5 Å². The van der Waals surface area contributed by atoms with Gasteiger partial charge in [0.15, 0.2) is 0 Å². The van der Waals surface area contributed by atoms with Gasteiger partial charge in [-0.15, -0.1) is 0 Å². The normalized spacial score (nSPS) is 13.2. The van der Waals surface area contributed by atoms with Crippen LogP contribution >= 0.6 is 0 Å². The minimum atomic E-state index is -0.0452. The van der Waals surface area contributed by atoms with Gasteiger partial charge in [-0.25, -0.2) is 0 Å². The van der Waals surface area contributed by atoms with E-state index >= 15 is 0 Å². The lowest BCUT2D eigenvalue weighted by Crippen LogP contribution is -2.19. The first-order valence-electron chi connectivity index (χ1n) is 8.38. The van der Waals surface area contributed by atoms with E-state index in [9.17, 15) is 9.59 Å². The SMILES string of the molecule is O=C(Cc1cccc2ccccc12)Nc1ccc2c(c1)CCC(=O)N2. The fourth-order valence-electron chi connectivity index (χ4n) is 3.29. The maximum atomic E-state index is 12.5. The molecule has 4 nitrogen and oxygen atoms in total. The number of nitrogens with one attached hydrogen (secondary N) is 2. The molecule has 1 aliphatic heterocycles. The number of aryl methyl sites for hydroxylation is 1. The predicted molar refractivity (Wildman–Crippen MR) is 99.7 cm³/mol. The Morgan fingerprint density at radius 3 is 2.76 bits per heavy atom. The average molecular weight is 330 g/mol. The molecule has 3 aromatic rings. The predicted octanol–water partition coefficient (Wildman–Crippen LogP) is 3.91. The Labute approximate surface area is 145 Å². The van der Waals surface area contributed by atoms with Crippen LogP contribution in [-0.4, -0.2) is 11.8 Å². The summed E-state index contributed by atoms with van der Waals surface area (Å²) in [4.78, 5) is 23.9. The Morgan fingerprint density at radius 1 is 1.00 bits per heavy atom. The third-order valence-electron chi connectivity index (χ3n) is 4.52. The monoisotopic (exact) mass is 330 g/mol. The highest BCUT2D eigenvalue weighted by Gasteiger charge is 2.15. The Morgan fingerprint density at radius 2 is 1.84 bits per heavy atom. The zero-order chi connectivity index (χ0) is 17.2. The molecule has 1 heterocycles. The van der Waals surface area contributed by atoms with E-state index in [0.29, 0.717) is 19.3 Å². The fourth-order valence-corrected chi connectivity index (χ4v) is 3.29. The van der Waals surface area contributed by atoms with Gasteiger partial charge in [-0.2, -0.15) is 0 Å². The molecule has 0 atom stereocenters. The van der Waals surface area contributed by atoms with Crippen molar-refractivity contribution in [2.45, 2.75) is 19.3 Å². The number of hydrogen-bond acceptors (Lipinski definition) is 2. The lowest BCUT2D eigenvalue weighted by atomic mass is 10.0. The highest BCUT2D eigenvalue weighted by molar-refractivity contribution is 5.97. The molecule has 0 aromatic heterocycles. The van der Waals surface area contributed by atoms with Crippen LogP contribution in [0.15, 0.2) is 60.7 Å². The zero-order valence-electron chi connectivity index (χ0n) is 13.7. The molecular formula is C21H18N2O2. The van der Waals surface area contributed by atoms with Crippen molar-refractivity contribution in [1.29, 1.82) is 0 Å². The lowest BCUT2D eigenvalue weighted by Gasteiger charge is -2.17. The summed E-state index contributed by atoms with van der Waals surface area (Å²) in [5.74, 6) is -0.00334. The maximum Gasteiger partial charge on any atom is 0.228 e. The molecule has 3 aromatic carbocycles. The third kappa shape index (κ3) is 3.24. The largest absolute Gasteiger partial charge is 0.326 e. The van der Waals surface area contributed by atoms with Crippen molar-refractivity contribution in [3.05, 3.63) is 71.8 Å². The molecule has 0 aliphatic carbocycles. The second-order valence-corrected chi connectivity index (χ2v) is 6.28. The van der Waals surface area contributed by atoms with E-state index in [-0.39, 0.29) is 11.8 Å².